The number of rotatable bonds is 4. The van der Waals surface area contributed by atoms with E-state index in [2.05, 4.69) is 26.5 Å². The van der Waals surface area contributed by atoms with Gasteiger partial charge in [0.25, 0.3) is 5.69 Å². The zero-order valence-electron chi connectivity index (χ0n) is 10.2. The molecule has 2 N–H and O–H groups in total. The van der Waals surface area contributed by atoms with Crippen molar-refractivity contribution in [2.24, 2.45) is 5.10 Å². The van der Waals surface area contributed by atoms with Crippen LogP contribution in [-0.4, -0.2) is 16.2 Å². The summed E-state index contributed by atoms with van der Waals surface area (Å²) in [6, 6.07) is 11.7. The van der Waals surface area contributed by atoms with E-state index in [0.717, 1.165) is 5.69 Å². The van der Waals surface area contributed by atoms with E-state index in [9.17, 15) is 15.2 Å². The minimum absolute atomic E-state index is 0.103. The topological polar surface area (TPSA) is 87.8 Å². The summed E-state index contributed by atoms with van der Waals surface area (Å²) in [6.45, 7) is 0. The minimum atomic E-state index is -0.536. The lowest BCUT2D eigenvalue weighted by Gasteiger charge is -2.02. The van der Waals surface area contributed by atoms with E-state index in [4.69, 9.17) is 0 Å². The molecule has 0 atom stereocenters. The van der Waals surface area contributed by atoms with Gasteiger partial charge in [-0.3, -0.25) is 15.5 Å². The highest BCUT2D eigenvalue weighted by Crippen LogP contribution is 2.31. The Morgan fingerprint density at radius 1 is 1.30 bits per heavy atom. The van der Waals surface area contributed by atoms with Crippen molar-refractivity contribution < 1.29 is 10.0 Å². The maximum atomic E-state index is 10.8. The average molecular weight is 336 g/mol. The number of anilines is 1. The Kier molecular flexibility index (Phi) is 4.31. The minimum Gasteiger partial charge on any atom is -0.506 e. The third-order valence-corrected chi connectivity index (χ3v) is 3.06. The summed E-state index contributed by atoms with van der Waals surface area (Å²) in [5, 5.41) is 24.5. The molecule has 102 valence electrons. The highest BCUT2D eigenvalue weighted by molar-refractivity contribution is 9.10. The van der Waals surface area contributed by atoms with Crippen molar-refractivity contribution in [1.29, 1.82) is 0 Å². The molecule has 20 heavy (non-hydrogen) atoms. The molecule has 0 aliphatic heterocycles. The number of nitrogens with one attached hydrogen (secondary N) is 1. The SMILES string of the molecule is O=[N+]([O-])c1cc(Br)c(O)c(/C=N\Nc2ccccc2)c1. The number of aromatic hydroxyl groups is 1. The lowest BCUT2D eigenvalue weighted by atomic mass is 10.2. The first kappa shape index (κ1) is 14.0. The molecule has 6 nitrogen and oxygen atoms in total. The molecule has 2 rings (SSSR count). The summed E-state index contributed by atoms with van der Waals surface area (Å²) in [5.74, 6) is -0.103. The van der Waals surface area contributed by atoms with E-state index in [-0.39, 0.29) is 21.5 Å². The zero-order chi connectivity index (χ0) is 14.5. The number of phenolic OH excluding ortho intramolecular Hbond substituents is 1. The molecule has 2 aromatic rings. The predicted molar refractivity (Wildman–Crippen MR) is 80.1 cm³/mol. The van der Waals surface area contributed by atoms with Crippen LogP contribution in [0.25, 0.3) is 0 Å². The van der Waals surface area contributed by atoms with E-state index in [0.29, 0.717) is 0 Å². The van der Waals surface area contributed by atoms with Crippen molar-refractivity contribution in [2.45, 2.75) is 0 Å². The first-order chi connectivity index (χ1) is 9.58. The molecule has 0 aromatic heterocycles. The van der Waals surface area contributed by atoms with E-state index in [1.54, 1.807) is 0 Å². The van der Waals surface area contributed by atoms with Crippen LogP contribution < -0.4 is 5.43 Å². The van der Waals surface area contributed by atoms with E-state index < -0.39 is 4.92 Å². The standard InChI is InChI=1S/C13H10BrN3O3/c14-12-7-11(17(19)20)6-9(13(12)18)8-15-16-10-4-2-1-3-5-10/h1-8,16,18H/b15-8-. The van der Waals surface area contributed by atoms with Gasteiger partial charge in [0.05, 0.1) is 21.3 Å². The molecular weight excluding hydrogens is 326 g/mol. The molecular formula is C13H10BrN3O3. The van der Waals surface area contributed by atoms with Gasteiger partial charge in [-0.25, -0.2) is 0 Å². The van der Waals surface area contributed by atoms with Crippen LogP contribution in [0.3, 0.4) is 0 Å². The second-order valence-corrected chi connectivity index (χ2v) is 4.71. The molecule has 0 radical (unpaired) electrons. The molecule has 0 spiro atoms. The Morgan fingerprint density at radius 2 is 2.00 bits per heavy atom. The second kappa shape index (κ2) is 6.16. The third-order valence-electron chi connectivity index (χ3n) is 2.46. The normalized spacial score (nSPS) is 10.7. The fourth-order valence-corrected chi connectivity index (χ4v) is 1.96. The number of nitro groups is 1. The van der Waals surface area contributed by atoms with Gasteiger partial charge in [0, 0.05) is 17.7 Å². The van der Waals surface area contributed by atoms with E-state index in [1.165, 1.54) is 18.3 Å². The fourth-order valence-electron chi connectivity index (χ4n) is 1.50. The smallest absolute Gasteiger partial charge is 0.271 e. The van der Waals surface area contributed by atoms with Gasteiger partial charge in [0.2, 0.25) is 0 Å². The number of hydrazone groups is 1. The van der Waals surface area contributed by atoms with Gasteiger partial charge in [-0.1, -0.05) is 18.2 Å². The molecule has 0 saturated carbocycles. The van der Waals surface area contributed by atoms with Crippen LogP contribution in [0.15, 0.2) is 52.0 Å². The van der Waals surface area contributed by atoms with Gasteiger partial charge in [-0.15, -0.1) is 0 Å². The predicted octanol–water partition coefficient (Wildman–Crippen LogP) is 3.51. The number of nitro benzene ring substituents is 1. The molecule has 0 amide bonds. The number of non-ortho nitro benzene ring substituents is 1. The van der Waals surface area contributed by atoms with Crippen molar-refractivity contribution in [3.05, 3.63) is 62.6 Å². The van der Waals surface area contributed by atoms with Crippen molar-refractivity contribution in [3.63, 3.8) is 0 Å². The largest absolute Gasteiger partial charge is 0.506 e. The monoisotopic (exact) mass is 335 g/mol. The van der Waals surface area contributed by atoms with Crippen LogP contribution in [0.2, 0.25) is 0 Å². The Morgan fingerprint density at radius 3 is 2.65 bits per heavy atom. The maximum absolute atomic E-state index is 10.8. The Labute approximate surface area is 123 Å². The van der Waals surface area contributed by atoms with Crippen molar-refractivity contribution in [2.75, 3.05) is 5.43 Å². The molecule has 0 heterocycles. The van der Waals surface area contributed by atoms with Crippen LogP contribution in [0.4, 0.5) is 11.4 Å². The summed E-state index contributed by atoms with van der Waals surface area (Å²) >= 11 is 3.07. The second-order valence-electron chi connectivity index (χ2n) is 3.86. The summed E-state index contributed by atoms with van der Waals surface area (Å²) in [6.07, 6.45) is 1.32. The van der Waals surface area contributed by atoms with Gasteiger partial charge in [0.1, 0.15) is 5.75 Å². The maximum Gasteiger partial charge on any atom is 0.271 e. The van der Waals surface area contributed by atoms with Gasteiger partial charge in [0.15, 0.2) is 0 Å². The summed E-state index contributed by atoms with van der Waals surface area (Å²) in [4.78, 5) is 10.2. The highest BCUT2D eigenvalue weighted by Gasteiger charge is 2.13. The molecule has 0 aliphatic carbocycles. The fraction of sp³-hybridized carbons (Fsp3) is 0. The van der Waals surface area contributed by atoms with Gasteiger partial charge in [-0.05, 0) is 28.1 Å². The zero-order valence-corrected chi connectivity index (χ0v) is 11.7. The first-order valence-electron chi connectivity index (χ1n) is 5.59. The molecule has 0 aliphatic rings. The molecule has 0 saturated heterocycles. The molecule has 0 bridgehead atoms. The van der Waals surface area contributed by atoms with Gasteiger partial charge in [-0.2, -0.15) is 5.10 Å². The molecule has 0 fully saturated rings. The quantitative estimate of drug-likeness (QED) is 0.508. The summed E-state index contributed by atoms with van der Waals surface area (Å²) in [7, 11) is 0. The van der Waals surface area contributed by atoms with Crippen molar-refractivity contribution in [1.82, 2.24) is 0 Å². The van der Waals surface area contributed by atoms with Gasteiger partial charge >= 0.3 is 0 Å². The van der Waals surface area contributed by atoms with E-state index >= 15 is 0 Å². The van der Waals surface area contributed by atoms with Crippen molar-refractivity contribution in [3.8, 4) is 5.75 Å². The lowest BCUT2D eigenvalue weighted by molar-refractivity contribution is -0.385. The number of para-hydroxylation sites is 1. The van der Waals surface area contributed by atoms with Crippen LogP contribution in [0.5, 0.6) is 5.75 Å². The lowest BCUT2D eigenvalue weighted by Crippen LogP contribution is -1.94. The number of benzene rings is 2. The van der Waals surface area contributed by atoms with Gasteiger partial charge < -0.3 is 5.11 Å². The van der Waals surface area contributed by atoms with Crippen LogP contribution >= 0.6 is 15.9 Å². The molecule has 0 unspecified atom stereocenters. The number of nitrogens with zero attached hydrogens (tertiary/aromatic N) is 2. The Balaban J connectivity index is 2.22. The average Bonchev–Trinajstić information content (AvgIpc) is 2.44. The first-order valence-corrected chi connectivity index (χ1v) is 6.38. The van der Waals surface area contributed by atoms with Crippen LogP contribution in [-0.2, 0) is 0 Å². The number of hydrogen-bond donors (Lipinski definition) is 2. The summed E-state index contributed by atoms with van der Waals surface area (Å²) in [5.41, 5.74) is 3.65. The van der Waals surface area contributed by atoms with Crippen molar-refractivity contribution >= 4 is 33.5 Å². The number of halogens is 1. The summed E-state index contributed by atoms with van der Waals surface area (Å²) < 4.78 is 0.243. The van der Waals surface area contributed by atoms with Crippen LogP contribution in [0.1, 0.15) is 5.56 Å². The Hall–Kier alpha value is -2.41. The highest BCUT2D eigenvalue weighted by atomic mass is 79.9. The molecule has 2 aromatic carbocycles. The third kappa shape index (κ3) is 3.33. The molecule has 7 heteroatoms. The van der Waals surface area contributed by atoms with Crippen LogP contribution in [0, 0.1) is 10.1 Å². The number of phenols is 1. The Bertz CT molecular complexity index is 659. The van der Waals surface area contributed by atoms with E-state index in [1.807, 2.05) is 30.3 Å². The number of hydrogen-bond acceptors (Lipinski definition) is 5.